The molecule has 0 saturated carbocycles. The molecule has 4 heteroatoms. The number of hydrogen-bond donors (Lipinski definition) is 1. The van der Waals surface area contributed by atoms with Crippen molar-refractivity contribution in [3.63, 3.8) is 0 Å². The number of rotatable bonds is 4. The molecule has 1 N–H and O–H groups in total. The first kappa shape index (κ1) is 13.8. The highest BCUT2D eigenvalue weighted by Gasteiger charge is 2.10. The standard InChI is InChI=1S/C17H17N3S/c1-3-18-16-11-15(14-9-10-21-12(14)2)19-17(20-16)13-7-5-4-6-8-13/h4-11H,3H2,1-2H3,(H,18,19,20). The summed E-state index contributed by atoms with van der Waals surface area (Å²) in [5, 5.41) is 5.39. The Kier molecular flexibility index (Phi) is 3.97. The highest BCUT2D eigenvalue weighted by atomic mass is 32.1. The minimum absolute atomic E-state index is 0.759. The van der Waals surface area contributed by atoms with E-state index in [2.05, 4.69) is 35.6 Å². The molecule has 0 aliphatic rings. The van der Waals surface area contributed by atoms with E-state index < -0.39 is 0 Å². The van der Waals surface area contributed by atoms with Gasteiger partial charge in [0.05, 0.1) is 5.69 Å². The van der Waals surface area contributed by atoms with Crippen molar-refractivity contribution in [3.8, 4) is 22.6 Å². The maximum Gasteiger partial charge on any atom is 0.162 e. The zero-order valence-corrected chi connectivity index (χ0v) is 12.9. The second kappa shape index (κ2) is 6.06. The molecule has 3 nitrogen and oxygen atoms in total. The van der Waals surface area contributed by atoms with Gasteiger partial charge in [0.25, 0.3) is 0 Å². The molecule has 2 heterocycles. The lowest BCUT2D eigenvalue weighted by Gasteiger charge is -2.09. The monoisotopic (exact) mass is 295 g/mol. The van der Waals surface area contributed by atoms with Crippen molar-refractivity contribution < 1.29 is 0 Å². The number of aryl methyl sites for hydroxylation is 1. The third-order valence-electron chi connectivity index (χ3n) is 3.25. The summed E-state index contributed by atoms with van der Waals surface area (Å²) in [7, 11) is 0. The fraction of sp³-hybridized carbons (Fsp3) is 0.176. The van der Waals surface area contributed by atoms with Crippen LogP contribution in [0.15, 0.2) is 47.8 Å². The molecule has 0 spiro atoms. The molecule has 0 radical (unpaired) electrons. The smallest absolute Gasteiger partial charge is 0.162 e. The Labute approximate surface area is 128 Å². The minimum atomic E-state index is 0.759. The molecular formula is C17H17N3S. The molecule has 0 amide bonds. The van der Waals surface area contributed by atoms with Gasteiger partial charge in [-0.1, -0.05) is 30.3 Å². The Balaban J connectivity index is 2.13. The van der Waals surface area contributed by atoms with Crippen molar-refractivity contribution >= 4 is 17.2 Å². The highest BCUT2D eigenvalue weighted by Crippen LogP contribution is 2.29. The molecule has 0 aliphatic carbocycles. The zero-order valence-electron chi connectivity index (χ0n) is 12.1. The number of aromatic nitrogens is 2. The van der Waals surface area contributed by atoms with Crippen molar-refractivity contribution in [1.29, 1.82) is 0 Å². The van der Waals surface area contributed by atoms with Gasteiger partial charge in [0.1, 0.15) is 5.82 Å². The van der Waals surface area contributed by atoms with Gasteiger partial charge < -0.3 is 5.32 Å². The van der Waals surface area contributed by atoms with Crippen molar-refractivity contribution in [3.05, 3.63) is 52.7 Å². The molecule has 106 valence electrons. The van der Waals surface area contributed by atoms with Crippen LogP contribution in [0.25, 0.3) is 22.6 Å². The van der Waals surface area contributed by atoms with Crippen LogP contribution in [-0.4, -0.2) is 16.5 Å². The Bertz CT molecular complexity index is 735. The molecule has 0 fully saturated rings. The van der Waals surface area contributed by atoms with Crippen LogP contribution >= 0.6 is 11.3 Å². The van der Waals surface area contributed by atoms with E-state index in [4.69, 9.17) is 4.98 Å². The number of anilines is 1. The predicted octanol–water partition coefficient (Wildman–Crippen LogP) is 4.61. The lowest BCUT2D eigenvalue weighted by molar-refractivity contribution is 1.12. The van der Waals surface area contributed by atoms with Crippen molar-refractivity contribution in [2.24, 2.45) is 0 Å². The maximum atomic E-state index is 4.74. The molecule has 2 aromatic heterocycles. The summed E-state index contributed by atoms with van der Waals surface area (Å²) in [6.45, 7) is 5.03. The van der Waals surface area contributed by atoms with Gasteiger partial charge in [0.15, 0.2) is 5.82 Å². The fourth-order valence-corrected chi connectivity index (χ4v) is 2.93. The van der Waals surface area contributed by atoms with Crippen molar-refractivity contribution in [1.82, 2.24) is 9.97 Å². The molecule has 3 aromatic rings. The zero-order chi connectivity index (χ0) is 14.7. The number of benzene rings is 1. The van der Waals surface area contributed by atoms with Crippen LogP contribution in [0.2, 0.25) is 0 Å². The first-order valence-corrected chi connectivity index (χ1v) is 7.88. The van der Waals surface area contributed by atoms with Gasteiger partial charge in [-0.2, -0.15) is 0 Å². The second-order valence-electron chi connectivity index (χ2n) is 4.75. The van der Waals surface area contributed by atoms with E-state index in [0.717, 1.165) is 29.4 Å². The molecular weight excluding hydrogens is 278 g/mol. The quantitative estimate of drug-likeness (QED) is 0.763. The molecule has 0 bridgehead atoms. The van der Waals surface area contributed by atoms with Gasteiger partial charge in [-0.05, 0) is 25.3 Å². The summed E-state index contributed by atoms with van der Waals surface area (Å²) in [5.41, 5.74) is 3.18. The topological polar surface area (TPSA) is 37.8 Å². The molecule has 0 unspecified atom stereocenters. The normalized spacial score (nSPS) is 10.6. The molecule has 0 atom stereocenters. The van der Waals surface area contributed by atoms with Crippen LogP contribution < -0.4 is 5.32 Å². The Morgan fingerprint density at radius 3 is 2.57 bits per heavy atom. The number of hydrogen-bond acceptors (Lipinski definition) is 4. The molecule has 0 saturated heterocycles. The van der Waals surface area contributed by atoms with E-state index >= 15 is 0 Å². The Hall–Kier alpha value is -2.20. The Morgan fingerprint density at radius 2 is 1.90 bits per heavy atom. The van der Waals surface area contributed by atoms with Gasteiger partial charge in [0.2, 0.25) is 0 Å². The minimum Gasteiger partial charge on any atom is -0.370 e. The van der Waals surface area contributed by atoms with Gasteiger partial charge in [-0.25, -0.2) is 9.97 Å². The van der Waals surface area contributed by atoms with Gasteiger partial charge in [-0.3, -0.25) is 0 Å². The van der Waals surface area contributed by atoms with Crippen molar-refractivity contribution in [2.45, 2.75) is 13.8 Å². The molecule has 0 aliphatic heterocycles. The maximum absolute atomic E-state index is 4.74. The number of nitrogens with zero attached hydrogens (tertiary/aromatic N) is 2. The van der Waals surface area contributed by atoms with Crippen LogP contribution in [-0.2, 0) is 0 Å². The summed E-state index contributed by atoms with van der Waals surface area (Å²) in [5.74, 6) is 1.63. The van der Waals surface area contributed by atoms with Gasteiger partial charge in [-0.15, -0.1) is 11.3 Å². The van der Waals surface area contributed by atoms with Crippen LogP contribution in [0, 0.1) is 6.92 Å². The average molecular weight is 295 g/mol. The third-order valence-corrected chi connectivity index (χ3v) is 4.10. The fourth-order valence-electron chi connectivity index (χ4n) is 2.22. The van der Waals surface area contributed by atoms with E-state index in [0.29, 0.717) is 0 Å². The van der Waals surface area contributed by atoms with Crippen molar-refractivity contribution in [2.75, 3.05) is 11.9 Å². The van der Waals surface area contributed by atoms with Crippen LogP contribution in [0.1, 0.15) is 11.8 Å². The molecule has 1 aromatic carbocycles. The predicted molar refractivity (Wildman–Crippen MR) is 89.7 cm³/mol. The Morgan fingerprint density at radius 1 is 1.10 bits per heavy atom. The second-order valence-corrected chi connectivity index (χ2v) is 5.87. The van der Waals surface area contributed by atoms with Crippen LogP contribution in [0.4, 0.5) is 5.82 Å². The first-order chi connectivity index (χ1) is 10.3. The lowest BCUT2D eigenvalue weighted by Crippen LogP contribution is -2.02. The summed E-state index contributed by atoms with van der Waals surface area (Å²) in [4.78, 5) is 10.6. The largest absolute Gasteiger partial charge is 0.370 e. The van der Waals surface area contributed by atoms with E-state index in [9.17, 15) is 0 Å². The number of thiophene rings is 1. The summed E-state index contributed by atoms with van der Waals surface area (Å²) in [6.07, 6.45) is 0. The third kappa shape index (κ3) is 2.95. The van der Waals surface area contributed by atoms with Crippen LogP contribution in [0.5, 0.6) is 0 Å². The van der Waals surface area contributed by atoms with E-state index in [1.807, 2.05) is 36.4 Å². The van der Waals surface area contributed by atoms with E-state index in [1.54, 1.807) is 11.3 Å². The summed E-state index contributed by atoms with van der Waals surface area (Å²) >= 11 is 1.74. The summed E-state index contributed by atoms with van der Waals surface area (Å²) in [6, 6.07) is 14.2. The first-order valence-electron chi connectivity index (χ1n) is 7.00. The SMILES string of the molecule is CCNc1cc(-c2ccsc2C)nc(-c2ccccc2)n1. The van der Waals surface area contributed by atoms with E-state index in [-0.39, 0.29) is 0 Å². The summed E-state index contributed by atoms with van der Waals surface area (Å²) < 4.78 is 0. The van der Waals surface area contributed by atoms with Gasteiger partial charge >= 0.3 is 0 Å². The number of nitrogens with one attached hydrogen (secondary N) is 1. The average Bonchev–Trinajstić information content (AvgIpc) is 2.94. The lowest BCUT2D eigenvalue weighted by atomic mass is 10.1. The molecule has 21 heavy (non-hydrogen) atoms. The van der Waals surface area contributed by atoms with E-state index in [1.165, 1.54) is 10.4 Å². The van der Waals surface area contributed by atoms with Gasteiger partial charge in [0, 0.05) is 28.6 Å². The molecule has 3 rings (SSSR count). The van der Waals surface area contributed by atoms with Crippen LogP contribution in [0.3, 0.4) is 0 Å². The highest BCUT2D eigenvalue weighted by molar-refractivity contribution is 7.10.